The lowest BCUT2D eigenvalue weighted by atomic mass is 10.1. The smallest absolute Gasteiger partial charge is 0.191 e. The molecule has 1 atom stereocenters. The van der Waals surface area contributed by atoms with E-state index in [9.17, 15) is 8.42 Å². The van der Waals surface area contributed by atoms with E-state index in [4.69, 9.17) is 16.3 Å². The first-order valence-electron chi connectivity index (χ1n) is 8.45. The molecule has 0 aliphatic heterocycles. The molecular weight excluding hydrogens is 513 g/mol. The highest BCUT2D eigenvalue weighted by Crippen LogP contribution is 2.17. The third kappa shape index (κ3) is 7.84. The number of nitrogens with zero attached hydrogens (tertiary/aromatic N) is 1. The molecule has 2 aromatic carbocycles. The van der Waals surface area contributed by atoms with Gasteiger partial charge in [0.1, 0.15) is 12.4 Å². The maximum absolute atomic E-state index is 11.4. The highest BCUT2D eigenvalue weighted by Gasteiger charge is 2.08. The Bertz CT molecular complexity index is 890. The lowest BCUT2D eigenvalue weighted by molar-refractivity contribution is 0.321. The molecule has 9 heteroatoms. The number of rotatable bonds is 7. The third-order valence-corrected chi connectivity index (χ3v) is 5.20. The zero-order chi connectivity index (χ0) is 19.9. The normalized spacial score (nSPS) is 12.6. The molecule has 154 valence electrons. The molecule has 0 fully saturated rings. The van der Waals surface area contributed by atoms with Gasteiger partial charge in [-0.05, 0) is 48.9 Å². The van der Waals surface area contributed by atoms with Crippen LogP contribution in [0.2, 0.25) is 5.02 Å². The van der Waals surface area contributed by atoms with E-state index in [-0.39, 0.29) is 34.9 Å². The number of aliphatic imine (C=N–C) groups is 1. The van der Waals surface area contributed by atoms with E-state index in [1.54, 1.807) is 19.2 Å². The summed E-state index contributed by atoms with van der Waals surface area (Å²) in [6.07, 6.45) is 1.18. The molecule has 0 radical (unpaired) electrons. The molecule has 0 saturated carbocycles. The van der Waals surface area contributed by atoms with Crippen LogP contribution in [0.4, 0.5) is 0 Å². The standard InChI is InChI=1S/C19H24ClN3O3S.HI/c1-14(15-5-4-6-16(20)13-15)23-19(21-2)22-11-12-26-17-7-9-18(10-8-17)27(3,24)25;/h4-10,13-14H,11-12H2,1-3H3,(H2,21,22,23);1H. The molecule has 6 nitrogen and oxygen atoms in total. The van der Waals surface area contributed by atoms with Crippen molar-refractivity contribution >= 4 is 51.4 Å². The van der Waals surface area contributed by atoms with Gasteiger partial charge >= 0.3 is 0 Å². The Labute approximate surface area is 188 Å². The molecule has 2 rings (SSSR count). The van der Waals surface area contributed by atoms with Gasteiger partial charge in [0, 0.05) is 18.3 Å². The summed E-state index contributed by atoms with van der Waals surface area (Å²) in [7, 11) is -1.50. The maximum atomic E-state index is 11.4. The number of nitrogens with one attached hydrogen (secondary N) is 2. The van der Waals surface area contributed by atoms with Crippen molar-refractivity contribution in [2.45, 2.75) is 17.9 Å². The van der Waals surface area contributed by atoms with Crippen molar-refractivity contribution in [2.24, 2.45) is 4.99 Å². The number of benzene rings is 2. The van der Waals surface area contributed by atoms with Crippen molar-refractivity contribution in [3.63, 3.8) is 0 Å². The van der Waals surface area contributed by atoms with E-state index in [0.29, 0.717) is 29.9 Å². The summed E-state index contributed by atoms with van der Waals surface area (Å²) in [5.74, 6) is 1.26. The number of hydrogen-bond acceptors (Lipinski definition) is 4. The quantitative estimate of drug-likeness (QED) is 0.244. The first kappa shape index (κ1) is 24.5. The molecule has 28 heavy (non-hydrogen) atoms. The van der Waals surface area contributed by atoms with E-state index in [1.807, 2.05) is 31.2 Å². The molecule has 0 saturated heterocycles. The summed E-state index contributed by atoms with van der Waals surface area (Å²) in [4.78, 5) is 4.47. The zero-order valence-electron chi connectivity index (χ0n) is 16.0. The second kappa shape index (κ2) is 11.5. The maximum Gasteiger partial charge on any atom is 0.191 e. The number of hydrogen-bond donors (Lipinski definition) is 2. The molecule has 0 aliphatic carbocycles. The second-order valence-electron chi connectivity index (χ2n) is 6.01. The minimum Gasteiger partial charge on any atom is -0.492 e. The molecule has 0 bridgehead atoms. The SMILES string of the molecule is CN=C(NCCOc1ccc(S(C)(=O)=O)cc1)NC(C)c1cccc(Cl)c1.I. The summed E-state index contributed by atoms with van der Waals surface area (Å²) in [6, 6.07) is 14.1. The summed E-state index contributed by atoms with van der Waals surface area (Å²) in [5, 5.41) is 7.16. The predicted octanol–water partition coefficient (Wildman–Crippen LogP) is 3.67. The topological polar surface area (TPSA) is 79.8 Å². The first-order valence-corrected chi connectivity index (χ1v) is 10.7. The van der Waals surface area contributed by atoms with Gasteiger partial charge < -0.3 is 15.4 Å². The van der Waals surface area contributed by atoms with Gasteiger partial charge in [-0.25, -0.2) is 8.42 Å². The van der Waals surface area contributed by atoms with Gasteiger partial charge in [0.05, 0.1) is 17.5 Å². The molecule has 2 aromatic rings. The number of halogens is 2. The van der Waals surface area contributed by atoms with Gasteiger partial charge in [0.15, 0.2) is 15.8 Å². The highest BCUT2D eigenvalue weighted by molar-refractivity contribution is 14.0. The summed E-state index contributed by atoms with van der Waals surface area (Å²) >= 11 is 6.03. The van der Waals surface area contributed by atoms with Crippen LogP contribution in [0.25, 0.3) is 0 Å². The van der Waals surface area contributed by atoms with Crippen LogP contribution in [0.3, 0.4) is 0 Å². The number of sulfone groups is 1. The average Bonchev–Trinajstić information content (AvgIpc) is 2.63. The minimum absolute atomic E-state index is 0. The van der Waals surface area contributed by atoms with Crippen molar-refractivity contribution in [3.05, 3.63) is 59.1 Å². The Morgan fingerprint density at radius 2 is 1.89 bits per heavy atom. The Hall–Kier alpha value is -1.52. The zero-order valence-corrected chi connectivity index (χ0v) is 19.9. The van der Waals surface area contributed by atoms with Crippen molar-refractivity contribution in [1.29, 1.82) is 0 Å². The van der Waals surface area contributed by atoms with Crippen LogP contribution in [0.1, 0.15) is 18.5 Å². The predicted molar refractivity (Wildman–Crippen MR) is 125 cm³/mol. The highest BCUT2D eigenvalue weighted by atomic mass is 127. The van der Waals surface area contributed by atoms with Gasteiger partial charge in [-0.15, -0.1) is 24.0 Å². The van der Waals surface area contributed by atoms with Gasteiger partial charge in [0.2, 0.25) is 0 Å². The van der Waals surface area contributed by atoms with E-state index in [0.717, 1.165) is 5.56 Å². The van der Waals surface area contributed by atoms with Gasteiger partial charge in [-0.1, -0.05) is 23.7 Å². The van der Waals surface area contributed by atoms with Gasteiger partial charge in [-0.3, -0.25) is 4.99 Å². The van der Waals surface area contributed by atoms with Gasteiger partial charge in [-0.2, -0.15) is 0 Å². The molecule has 0 spiro atoms. The van der Waals surface area contributed by atoms with Crippen LogP contribution >= 0.6 is 35.6 Å². The van der Waals surface area contributed by atoms with Crippen molar-refractivity contribution in [1.82, 2.24) is 10.6 Å². The molecule has 0 aromatic heterocycles. The van der Waals surface area contributed by atoms with Crippen molar-refractivity contribution < 1.29 is 13.2 Å². The van der Waals surface area contributed by atoms with Crippen LogP contribution in [0, 0.1) is 0 Å². The third-order valence-electron chi connectivity index (χ3n) is 3.84. The molecule has 1 unspecified atom stereocenters. The largest absolute Gasteiger partial charge is 0.492 e. The average molecular weight is 538 g/mol. The number of ether oxygens (including phenoxy) is 1. The Morgan fingerprint density at radius 3 is 2.46 bits per heavy atom. The summed E-state index contributed by atoms with van der Waals surface area (Å²) in [6.45, 7) is 2.97. The number of guanidine groups is 1. The fourth-order valence-electron chi connectivity index (χ4n) is 2.38. The lowest BCUT2D eigenvalue weighted by Gasteiger charge is -2.18. The lowest BCUT2D eigenvalue weighted by Crippen LogP contribution is -2.40. The monoisotopic (exact) mass is 537 g/mol. The first-order chi connectivity index (χ1) is 12.8. The van der Waals surface area contributed by atoms with E-state index in [2.05, 4.69) is 15.6 Å². The Balaban J connectivity index is 0.00000392. The summed E-state index contributed by atoms with van der Waals surface area (Å²) < 4.78 is 28.5. The van der Waals surface area contributed by atoms with Crippen molar-refractivity contribution in [3.8, 4) is 5.75 Å². The summed E-state index contributed by atoms with van der Waals surface area (Å²) in [5.41, 5.74) is 1.06. The fourth-order valence-corrected chi connectivity index (χ4v) is 3.21. The van der Waals surface area contributed by atoms with E-state index >= 15 is 0 Å². The van der Waals surface area contributed by atoms with Crippen LogP contribution in [0.5, 0.6) is 5.75 Å². The minimum atomic E-state index is -3.20. The molecule has 0 amide bonds. The Morgan fingerprint density at radius 1 is 1.21 bits per heavy atom. The molecule has 0 aliphatic rings. The van der Waals surface area contributed by atoms with Crippen LogP contribution in [-0.4, -0.2) is 40.8 Å². The second-order valence-corrected chi connectivity index (χ2v) is 8.46. The Kier molecular flexibility index (Phi) is 10.0. The molecule has 0 heterocycles. The molecule has 2 N–H and O–H groups in total. The fraction of sp³-hybridized carbons (Fsp3) is 0.316. The van der Waals surface area contributed by atoms with Crippen LogP contribution < -0.4 is 15.4 Å². The van der Waals surface area contributed by atoms with E-state index < -0.39 is 9.84 Å². The molecular formula is C19H25ClIN3O3S. The van der Waals surface area contributed by atoms with Gasteiger partial charge in [0.25, 0.3) is 0 Å². The van der Waals surface area contributed by atoms with Crippen molar-refractivity contribution in [2.75, 3.05) is 26.5 Å². The van der Waals surface area contributed by atoms with E-state index in [1.165, 1.54) is 18.4 Å². The van der Waals surface area contributed by atoms with Crippen LogP contribution in [0.15, 0.2) is 58.4 Å². The van der Waals surface area contributed by atoms with Crippen LogP contribution in [-0.2, 0) is 9.84 Å².